The molecule has 0 saturated heterocycles. The fourth-order valence-electron chi connectivity index (χ4n) is 7.69. The predicted molar refractivity (Wildman–Crippen MR) is 239 cm³/mol. The highest BCUT2D eigenvalue weighted by Crippen LogP contribution is 2.35. The zero-order chi connectivity index (χ0) is 43.6. The molecule has 14 heteroatoms. The van der Waals surface area contributed by atoms with Crippen LogP contribution < -0.4 is 22.1 Å². The number of Topliss-reactive ketones (excluding diaryl/α,β-unsaturated/α-hetero) is 1. The molecule has 7 N–H and O–H groups in total. The van der Waals surface area contributed by atoms with Crippen LogP contribution in [-0.2, 0) is 17.9 Å². The molecule has 2 aromatic heterocycles. The summed E-state index contributed by atoms with van der Waals surface area (Å²) in [4.78, 5) is 54.1. The fourth-order valence-corrected chi connectivity index (χ4v) is 7.69. The molecule has 63 heavy (non-hydrogen) atoms. The maximum atomic E-state index is 14.8. The van der Waals surface area contributed by atoms with Gasteiger partial charge in [0, 0.05) is 48.9 Å². The van der Waals surface area contributed by atoms with Crippen LogP contribution in [0.3, 0.4) is 0 Å². The van der Waals surface area contributed by atoms with Gasteiger partial charge in [-0.25, -0.2) is 28.7 Å². The SMILES string of the molecule is C.Nc1ncc(C2CCC(=O)CC2)nc1-c1ccc(C(=O)NCc2ccccc2)c(F)c1.Nc1ncc(C2CCC(O)CC2)nc1-c1ccc(C(=O)NCc2ccccc2)c(F)c1. The van der Waals surface area contributed by atoms with Crippen molar-refractivity contribution < 1.29 is 28.3 Å². The van der Waals surface area contributed by atoms with Crippen LogP contribution in [0.1, 0.15) is 114 Å². The van der Waals surface area contributed by atoms with Gasteiger partial charge in [-0.05, 0) is 73.9 Å². The number of rotatable bonds is 10. The molecule has 2 heterocycles. The van der Waals surface area contributed by atoms with Crippen molar-refractivity contribution in [2.24, 2.45) is 0 Å². The van der Waals surface area contributed by atoms with Crippen LogP contribution in [0.5, 0.6) is 0 Å². The first-order chi connectivity index (χ1) is 30.0. The number of aromatic nitrogens is 4. The summed E-state index contributed by atoms with van der Waals surface area (Å²) in [6, 6.07) is 27.5. The normalized spacial score (nSPS) is 16.2. The Kier molecular flexibility index (Phi) is 15.4. The van der Waals surface area contributed by atoms with Gasteiger partial charge in [0.1, 0.15) is 40.4 Å². The van der Waals surface area contributed by atoms with Gasteiger partial charge < -0.3 is 27.2 Å². The first-order valence-corrected chi connectivity index (χ1v) is 20.7. The topological polar surface area (TPSA) is 199 Å². The lowest BCUT2D eigenvalue weighted by Gasteiger charge is -2.25. The van der Waals surface area contributed by atoms with E-state index in [1.165, 1.54) is 24.3 Å². The zero-order valence-electron chi connectivity index (χ0n) is 34.1. The number of amides is 2. The Labute approximate surface area is 365 Å². The number of ketones is 1. The van der Waals surface area contributed by atoms with Crippen molar-refractivity contribution in [3.05, 3.63) is 155 Å². The van der Waals surface area contributed by atoms with Gasteiger partial charge in [-0.15, -0.1) is 0 Å². The Balaban J connectivity index is 0.000000206. The van der Waals surface area contributed by atoms with E-state index in [4.69, 9.17) is 11.5 Å². The number of nitrogens with two attached hydrogens (primary N) is 2. The third-order valence-corrected chi connectivity index (χ3v) is 11.3. The van der Waals surface area contributed by atoms with E-state index in [1.54, 1.807) is 24.5 Å². The summed E-state index contributed by atoms with van der Waals surface area (Å²) in [5, 5.41) is 15.2. The minimum absolute atomic E-state index is 0. The number of nitrogen functional groups attached to an aromatic ring is 2. The Morgan fingerprint density at radius 1 is 0.619 bits per heavy atom. The standard InChI is InChI=1S/C24H25FN4O2.C24H23FN4O2.CH4/c2*25-20-12-17(8-11-19(20)24(31)28-13-15-4-2-1-3-5-15)22-23(26)27-14-21(29-22)16-6-9-18(30)10-7-16;/h1-5,8,11-12,14,16,18,30H,6-7,9-10,13H2,(H2,26,27)(H,28,31);1-5,8,11-12,14,16H,6-7,9-10,13H2,(H2,26,27)(H,28,31);1H4. The highest BCUT2D eigenvalue weighted by molar-refractivity contribution is 5.95. The van der Waals surface area contributed by atoms with E-state index in [0.29, 0.717) is 48.4 Å². The van der Waals surface area contributed by atoms with E-state index in [-0.39, 0.29) is 53.9 Å². The molecular formula is C49H52F2N8O4. The van der Waals surface area contributed by atoms with Gasteiger partial charge in [-0.3, -0.25) is 14.4 Å². The van der Waals surface area contributed by atoms with Crippen molar-refractivity contribution in [2.75, 3.05) is 11.5 Å². The lowest BCUT2D eigenvalue weighted by molar-refractivity contribution is -0.120. The van der Waals surface area contributed by atoms with Crippen molar-refractivity contribution in [1.82, 2.24) is 30.6 Å². The van der Waals surface area contributed by atoms with Gasteiger partial charge in [0.05, 0.1) is 41.0 Å². The minimum Gasteiger partial charge on any atom is -0.393 e. The minimum atomic E-state index is -0.655. The number of carbonyl (C=O) groups is 3. The second-order valence-corrected chi connectivity index (χ2v) is 15.6. The van der Waals surface area contributed by atoms with Gasteiger partial charge in [-0.2, -0.15) is 0 Å². The lowest BCUT2D eigenvalue weighted by atomic mass is 9.85. The molecule has 2 aliphatic rings. The number of carbonyl (C=O) groups excluding carboxylic acids is 3. The van der Waals surface area contributed by atoms with Crippen LogP contribution in [0.4, 0.5) is 20.4 Å². The molecule has 2 fully saturated rings. The van der Waals surface area contributed by atoms with Gasteiger partial charge in [0.15, 0.2) is 0 Å². The van der Waals surface area contributed by atoms with Crippen molar-refractivity contribution in [2.45, 2.75) is 89.8 Å². The molecule has 12 nitrogen and oxygen atoms in total. The highest BCUT2D eigenvalue weighted by Gasteiger charge is 2.25. The zero-order valence-corrected chi connectivity index (χ0v) is 34.1. The van der Waals surface area contributed by atoms with E-state index in [0.717, 1.165) is 61.0 Å². The number of nitrogens with zero attached hydrogens (tertiary/aromatic N) is 4. The molecular weight excluding hydrogens is 803 g/mol. The van der Waals surface area contributed by atoms with E-state index < -0.39 is 23.4 Å². The third-order valence-electron chi connectivity index (χ3n) is 11.3. The maximum absolute atomic E-state index is 14.8. The number of anilines is 2. The summed E-state index contributed by atoms with van der Waals surface area (Å²) >= 11 is 0. The van der Waals surface area contributed by atoms with Gasteiger partial charge >= 0.3 is 0 Å². The van der Waals surface area contributed by atoms with Crippen LogP contribution in [-0.4, -0.2) is 48.7 Å². The Bertz CT molecular complexity index is 2530. The highest BCUT2D eigenvalue weighted by atomic mass is 19.1. The van der Waals surface area contributed by atoms with E-state index in [2.05, 4.69) is 30.6 Å². The number of nitrogens with one attached hydrogen (secondary N) is 2. The predicted octanol–water partition coefficient (Wildman–Crippen LogP) is 8.47. The lowest BCUT2D eigenvalue weighted by Crippen LogP contribution is -2.23. The summed E-state index contributed by atoms with van der Waals surface area (Å²) in [6.45, 7) is 0.628. The van der Waals surface area contributed by atoms with E-state index >= 15 is 0 Å². The van der Waals surface area contributed by atoms with Crippen LogP contribution in [0.2, 0.25) is 0 Å². The molecule has 0 aliphatic heterocycles. The number of benzene rings is 4. The third kappa shape index (κ3) is 11.7. The number of halogens is 2. The number of aliphatic hydroxyl groups is 1. The van der Waals surface area contributed by atoms with Crippen molar-refractivity contribution >= 4 is 29.2 Å². The van der Waals surface area contributed by atoms with Crippen LogP contribution in [0.15, 0.2) is 109 Å². The molecule has 0 radical (unpaired) electrons. The molecule has 0 spiro atoms. The second kappa shape index (κ2) is 21.2. The number of hydrogen-bond acceptors (Lipinski definition) is 10. The Morgan fingerprint density at radius 3 is 1.44 bits per heavy atom. The Morgan fingerprint density at radius 2 is 1.03 bits per heavy atom. The molecule has 4 aromatic carbocycles. The molecule has 0 atom stereocenters. The van der Waals surface area contributed by atoms with E-state index in [9.17, 15) is 28.3 Å². The van der Waals surface area contributed by atoms with Crippen LogP contribution >= 0.6 is 0 Å². The summed E-state index contributed by atoms with van der Waals surface area (Å²) in [5.41, 5.74) is 17.0. The summed E-state index contributed by atoms with van der Waals surface area (Å²) in [7, 11) is 0. The van der Waals surface area contributed by atoms with Gasteiger partial charge in [0.25, 0.3) is 11.8 Å². The monoisotopic (exact) mass is 854 g/mol. The molecule has 326 valence electrons. The van der Waals surface area contributed by atoms with Crippen LogP contribution in [0, 0.1) is 11.6 Å². The molecule has 0 bridgehead atoms. The maximum Gasteiger partial charge on any atom is 0.254 e. The summed E-state index contributed by atoms with van der Waals surface area (Å²) in [5.74, 6) is -1.28. The van der Waals surface area contributed by atoms with E-state index in [1.807, 2.05) is 60.7 Å². The van der Waals surface area contributed by atoms with Crippen LogP contribution in [0.25, 0.3) is 22.5 Å². The van der Waals surface area contributed by atoms with Gasteiger partial charge in [0.2, 0.25) is 0 Å². The molecule has 0 unspecified atom stereocenters. The van der Waals surface area contributed by atoms with Gasteiger partial charge in [-0.1, -0.05) is 80.2 Å². The average Bonchev–Trinajstić information content (AvgIpc) is 3.29. The first kappa shape index (κ1) is 45.6. The number of aliphatic hydroxyl groups excluding tert-OH is 1. The quantitative estimate of drug-likeness (QED) is 0.0891. The largest absolute Gasteiger partial charge is 0.393 e. The second-order valence-electron chi connectivity index (χ2n) is 15.6. The van der Waals surface area contributed by atoms with Crippen molar-refractivity contribution in [1.29, 1.82) is 0 Å². The summed E-state index contributed by atoms with van der Waals surface area (Å²) < 4.78 is 29.5. The van der Waals surface area contributed by atoms with Crippen molar-refractivity contribution in [3.63, 3.8) is 0 Å². The fraction of sp³-hybridized carbons (Fsp3) is 0.286. The molecule has 2 saturated carbocycles. The van der Waals surface area contributed by atoms with Crippen molar-refractivity contribution in [3.8, 4) is 22.5 Å². The smallest absolute Gasteiger partial charge is 0.254 e. The Hall–Kier alpha value is -6.93. The molecule has 2 amide bonds. The molecule has 8 rings (SSSR count). The summed E-state index contributed by atoms with van der Waals surface area (Å²) in [6.07, 6.45) is 8.66. The number of hydrogen-bond donors (Lipinski definition) is 5. The molecule has 6 aromatic rings. The average molecular weight is 855 g/mol. The first-order valence-electron chi connectivity index (χ1n) is 20.7. The molecule has 2 aliphatic carbocycles.